The Bertz CT molecular complexity index is 415. The molecule has 2 atom stereocenters. The smallest absolute Gasteiger partial charge is 0.0679 e. The molecule has 2 unspecified atom stereocenters. The third kappa shape index (κ3) is 3.58. The van der Waals surface area contributed by atoms with Crippen molar-refractivity contribution in [1.82, 2.24) is 9.80 Å². The van der Waals surface area contributed by atoms with Gasteiger partial charge in [-0.2, -0.15) is 0 Å². The summed E-state index contributed by atoms with van der Waals surface area (Å²) in [4.78, 5) is 4.62. The average Bonchev–Trinajstić information content (AvgIpc) is 2.99. The van der Waals surface area contributed by atoms with Crippen molar-refractivity contribution in [3.05, 3.63) is 35.4 Å². The van der Waals surface area contributed by atoms with Gasteiger partial charge in [0.15, 0.2) is 0 Å². The van der Waals surface area contributed by atoms with E-state index < -0.39 is 0 Å². The topological polar surface area (TPSA) is 46.9 Å². The van der Waals surface area contributed by atoms with Gasteiger partial charge in [0.05, 0.1) is 12.2 Å². The molecule has 0 amide bonds. The Labute approximate surface area is 120 Å². The number of aliphatic hydroxyl groups excluding tert-OH is 2. The Morgan fingerprint density at radius 2 is 1.40 bits per heavy atom. The Kier molecular flexibility index (Phi) is 4.36. The second kappa shape index (κ2) is 6.22. The van der Waals surface area contributed by atoms with Crippen LogP contribution in [-0.4, -0.2) is 58.4 Å². The van der Waals surface area contributed by atoms with Gasteiger partial charge in [-0.05, 0) is 24.0 Å². The minimum absolute atomic E-state index is 0.149. The summed E-state index contributed by atoms with van der Waals surface area (Å²) in [5.74, 6) is 0. The molecular formula is C16H24N2O2. The molecule has 3 rings (SSSR count). The molecule has 0 aromatic heterocycles. The zero-order chi connectivity index (χ0) is 13.9. The molecule has 4 heteroatoms. The molecule has 0 saturated carbocycles. The summed E-state index contributed by atoms with van der Waals surface area (Å²) in [6.07, 6.45) is 1.49. The monoisotopic (exact) mass is 276 g/mol. The van der Waals surface area contributed by atoms with Crippen LogP contribution < -0.4 is 0 Å². The Morgan fingerprint density at radius 1 is 0.900 bits per heavy atom. The predicted octanol–water partition coefficient (Wildman–Crippen LogP) is 0.820. The second-order valence-electron chi connectivity index (χ2n) is 6.18. The summed E-state index contributed by atoms with van der Waals surface area (Å²) < 4.78 is 0. The zero-order valence-electron chi connectivity index (χ0n) is 11.9. The van der Waals surface area contributed by atoms with Crippen LogP contribution in [0.1, 0.15) is 24.0 Å². The van der Waals surface area contributed by atoms with Crippen LogP contribution in [0.15, 0.2) is 24.3 Å². The molecule has 0 radical (unpaired) electrons. The highest BCUT2D eigenvalue weighted by atomic mass is 16.3. The molecule has 2 aliphatic heterocycles. The van der Waals surface area contributed by atoms with Crippen molar-refractivity contribution >= 4 is 0 Å². The first-order valence-electron chi connectivity index (χ1n) is 7.58. The lowest BCUT2D eigenvalue weighted by Crippen LogP contribution is -2.22. The fourth-order valence-electron chi connectivity index (χ4n) is 3.25. The van der Waals surface area contributed by atoms with Crippen LogP contribution in [0.3, 0.4) is 0 Å². The first kappa shape index (κ1) is 14.0. The van der Waals surface area contributed by atoms with Crippen molar-refractivity contribution in [2.75, 3.05) is 26.2 Å². The molecule has 1 aromatic carbocycles. The number of hydrogen-bond acceptors (Lipinski definition) is 4. The molecule has 110 valence electrons. The van der Waals surface area contributed by atoms with Crippen molar-refractivity contribution in [2.45, 2.75) is 38.1 Å². The molecule has 2 heterocycles. The van der Waals surface area contributed by atoms with E-state index in [0.29, 0.717) is 0 Å². The standard InChI is InChI=1S/C16H24N2O2/c19-15-4-6-17(11-15)9-13-2-1-3-14(8-13)10-18-7-5-16(20)12-18/h1-3,8,15-16,19-20H,4-7,9-12H2. The molecule has 0 bridgehead atoms. The van der Waals surface area contributed by atoms with E-state index in [2.05, 4.69) is 34.1 Å². The van der Waals surface area contributed by atoms with Crippen LogP contribution in [-0.2, 0) is 13.1 Å². The Morgan fingerprint density at radius 3 is 1.80 bits per heavy atom. The van der Waals surface area contributed by atoms with Gasteiger partial charge in [-0.3, -0.25) is 9.80 Å². The van der Waals surface area contributed by atoms with Gasteiger partial charge >= 0.3 is 0 Å². The van der Waals surface area contributed by atoms with Gasteiger partial charge in [0.25, 0.3) is 0 Å². The number of hydrogen-bond donors (Lipinski definition) is 2. The van der Waals surface area contributed by atoms with Gasteiger partial charge in [-0.1, -0.05) is 24.3 Å². The lowest BCUT2D eigenvalue weighted by molar-refractivity contribution is 0.174. The van der Waals surface area contributed by atoms with E-state index in [9.17, 15) is 10.2 Å². The SMILES string of the molecule is OC1CCN(Cc2cccc(CN3CCC(O)C3)c2)C1. The van der Waals surface area contributed by atoms with Crippen LogP contribution >= 0.6 is 0 Å². The maximum atomic E-state index is 9.57. The molecule has 20 heavy (non-hydrogen) atoms. The summed E-state index contributed by atoms with van der Waals surface area (Å²) in [7, 11) is 0. The molecule has 2 aliphatic rings. The van der Waals surface area contributed by atoms with E-state index in [1.165, 1.54) is 11.1 Å². The summed E-state index contributed by atoms with van der Waals surface area (Å²) in [6.45, 7) is 5.42. The minimum atomic E-state index is -0.149. The van der Waals surface area contributed by atoms with Crippen molar-refractivity contribution in [3.8, 4) is 0 Å². The normalized spacial score (nSPS) is 28.3. The van der Waals surface area contributed by atoms with Gasteiger partial charge in [-0.15, -0.1) is 0 Å². The van der Waals surface area contributed by atoms with Gasteiger partial charge in [0.1, 0.15) is 0 Å². The van der Waals surface area contributed by atoms with Crippen molar-refractivity contribution in [1.29, 1.82) is 0 Å². The molecule has 2 fully saturated rings. The first-order valence-corrected chi connectivity index (χ1v) is 7.58. The summed E-state index contributed by atoms with van der Waals surface area (Å²) in [5.41, 5.74) is 2.63. The number of likely N-dealkylation sites (tertiary alicyclic amines) is 2. The van der Waals surface area contributed by atoms with Crippen molar-refractivity contribution in [3.63, 3.8) is 0 Å². The largest absolute Gasteiger partial charge is 0.392 e. The van der Waals surface area contributed by atoms with Crippen LogP contribution in [0, 0.1) is 0 Å². The lowest BCUT2D eigenvalue weighted by Gasteiger charge is -2.18. The van der Waals surface area contributed by atoms with E-state index in [4.69, 9.17) is 0 Å². The second-order valence-corrected chi connectivity index (χ2v) is 6.18. The zero-order valence-corrected chi connectivity index (χ0v) is 11.9. The highest BCUT2D eigenvalue weighted by molar-refractivity contribution is 5.23. The van der Waals surface area contributed by atoms with Crippen LogP contribution in [0.5, 0.6) is 0 Å². The third-order valence-electron chi connectivity index (χ3n) is 4.30. The molecule has 2 saturated heterocycles. The maximum Gasteiger partial charge on any atom is 0.0679 e. The van der Waals surface area contributed by atoms with Gasteiger partial charge in [-0.25, -0.2) is 0 Å². The summed E-state index contributed by atoms with van der Waals surface area (Å²) >= 11 is 0. The third-order valence-corrected chi connectivity index (χ3v) is 4.30. The van der Waals surface area contributed by atoms with E-state index >= 15 is 0 Å². The average molecular weight is 276 g/mol. The van der Waals surface area contributed by atoms with Crippen molar-refractivity contribution in [2.24, 2.45) is 0 Å². The molecule has 0 aliphatic carbocycles. The van der Waals surface area contributed by atoms with E-state index in [0.717, 1.165) is 52.1 Å². The van der Waals surface area contributed by atoms with E-state index in [1.54, 1.807) is 0 Å². The van der Waals surface area contributed by atoms with Crippen LogP contribution in [0.25, 0.3) is 0 Å². The molecule has 0 spiro atoms. The fourth-order valence-corrected chi connectivity index (χ4v) is 3.25. The predicted molar refractivity (Wildman–Crippen MR) is 78.2 cm³/mol. The Balaban J connectivity index is 1.58. The molecule has 4 nitrogen and oxygen atoms in total. The molecule has 2 N–H and O–H groups in total. The van der Waals surface area contributed by atoms with Gasteiger partial charge in [0.2, 0.25) is 0 Å². The quantitative estimate of drug-likeness (QED) is 0.855. The number of benzene rings is 1. The highest BCUT2D eigenvalue weighted by Crippen LogP contribution is 2.17. The molecule has 1 aromatic rings. The highest BCUT2D eigenvalue weighted by Gasteiger charge is 2.21. The van der Waals surface area contributed by atoms with Gasteiger partial charge in [0, 0.05) is 39.3 Å². The number of β-amino-alcohol motifs (C(OH)–C–C–N with tert-alkyl or cyclic N) is 2. The molecular weight excluding hydrogens is 252 g/mol. The maximum absolute atomic E-state index is 9.57. The van der Waals surface area contributed by atoms with Gasteiger partial charge < -0.3 is 10.2 Å². The number of aliphatic hydroxyl groups is 2. The number of nitrogens with zero attached hydrogens (tertiary/aromatic N) is 2. The minimum Gasteiger partial charge on any atom is -0.392 e. The fraction of sp³-hybridized carbons (Fsp3) is 0.625. The Hall–Kier alpha value is -0.940. The number of rotatable bonds is 4. The van der Waals surface area contributed by atoms with Crippen LogP contribution in [0.4, 0.5) is 0 Å². The van der Waals surface area contributed by atoms with Crippen molar-refractivity contribution < 1.29 is 10.2 Å². The van der Waals surface area contributed by atoms with E-state index in [-0.39, 0.29) is 12.2 Å². The summed E-state index contributed by atoms with van der Waals surface area (Å²) in [6, 6.07) is 8.69. The van der Waals surface area contributed by atoms with Crippen LogP contribution in [0.2, 0.25) is 0 Å². The summed E-state index contributed by atoms with van der Waals surface area (Å²) in [5, 5.41) is 19.1. The first-order chi connectivity index (χ1) is 9.69. The van der Waals surface area contributed by atoms with E-state index in [1.807, 2.05) is 0 Å². The lowest BCUT2D eigenvalue weighted by atomic mass is 10.1.